The second kappa shape index (κ2) is 13.4. The molecular weight excluding hydrogens is 441 g/mol. The Bertz CT molecular complexity index is 630. The Labute approximate surface area is 173 Å². The van der Waals surface area contributed by atoms with Gasteiger partial charge >= 0.3 is 0 Å². The summed E-state index contributed by atoms with van der Waals surface area (Å²) in [6.45, 7) is 8.07. The number of unbranched alkanes of at least 4 members (excludes halogenated alkanes) is 1. The van der Waals surface area contributed by atoms with E-state index in [-0.39, 0.29) is 24.0 Å². The number of aryl methyl sites for hydroxylation is 2. The van der Waals surface area contributed by atoms with Crippen LogP contribution in [0.25, 0.3) is 0 Å². The van der Waals surface area contributed by atoms with Crippen LogP contribution in [-0.2, 0) is 6.54 Å². The molecule has 1 heterocycles. The minimum absolute atomic E-state index is 0. The first kappa shape index (κ1) is 22.3. The molecule has 0 aliphatic heterocycles. The van der Waals surface area contributed by atoms with Gasteiger partial charge in [0.1, 0.15) is 18.2 Å². The summed E-state index contributed by atoms with van der Waals surface area (Å²) < 4.78 is 7.85. The zero-order valence-corrected chi connectivity index (χ0v) is 18.0. The number of benzene rings is 1. The van der Waals surface area contributed by atoms with Crippen LogP contribution in [0.2, 0.25) is 0 Å². The van der Waals surface area contributed by atoms with Crippen LogP contribution in [0.4, 0.5) is 0 Å². The van der Waals surface area contributed by atoms with Gasteiger partial charge in [-0.25, -0.2) is 4.98 Å². The molecule has 6 nitrogen and oxygen atoms in total. The van der Waals surface area contributed by atoms with Crippen molar-refractivity contribution in [3.05, 3.63) is 48.5 Å². The van der Waals surface area contributed by atoms with E-state index in [4.69, 9.17) is 4.74 Å². The minimum Gasteiger partial charge on any atom is -0.492 e. The highest BCUT2D eigenvalue weighted by Gasteiger charge is 1.99. The number of nitrogens with zero attached hydrogens (tertiary/aromatic N) is 3. The summed E-state index contributed by atoms with van der Waals surface area (Å²) in [6, 6.07) is 9.84. The number of aromatic nitrogens is 2. The third kappa shape index (κ3) is 8.55. The molecule has 0 bridgehead atoms. The molecule has 1 aromatic heterocycles. The second-order valence-corrected chi connectivity index (χ2v) is 5.72. The molecule has 0 aliphatic rings. The number of rotatable bonds is 10. The van der Waals surface area contributed by atoms with E-state index in [1.165, 1.54) is 0 Å². The number of imidazole rings is 1. The van der Waals surface area contributed by atoms with Crippen molar-refractivity contribution in [2.24, 2.45) is 4.99 Å². The van der Waals surface area contributed by atoms with Crippen LogP contribution < -0.4 is 15.4 Å². The number of hydrogen-bond donors (Lipinski definition) is 2. The van der Waals surface area contributed by atoms with Gasteiger partial charge in [0.05, 0.1) is 6.54 Å². The zero-order valence-electron chi connectivity index (χ0n) is 15.6. The molecule has 0 amide bonds. The molecule has 0 saturated heterocycles. The summed E-state index contributed by atoms with van der Waals surface area (Å²) in [7, 11) is 0. The maximum atomic E-state index is 5.68. The van der Waals surface area contributed by atoms with Gasteiger partial charge in [-0.05, 0) is 38.8 Å². The van der Waals surface area contributed by atoms with Gasteiger partial charge in [0.25, 0.3) is 0 Å². The van der Waals surface area contributed by atoms with Crippen molar-refractivity contribution in [1.29, 1.82) is 0 Å². The van der Waals surface area contributed by atoms with Crippen molar-refractivity contribution in [3.63, 3.8) is 0 Å². The van der Waals surface area contributed by atoms with Gasteiger partial charge in [-0.15, -0.1) is 24.0 Å². The fourth-order valence-corrected chi connectivity index (χ4v) is 2.42. The summed E-state index contributed by atoms with van der Waals surface area (Å²) in [5.74, 6) is 2.80. The molecule has 0 aliphatic carbocycles. The molecule has 26 heavy (non-hydrogen) atoms. The van der Waals surface area contributed by atoms with Crippen molar-refractivity contribution < 1.29 is 4.74 Å². The number of para-hydroxylation sites is 1. The molecule has 144 valence electrons. The van der Waals surface area contributed by atoms with Gasteiger partial charge in [-0.3, -0.25) is 4.99 Å². The van der Waals surface area contributed by atoms with E-state index >= 15 is 0 Å². The van der Waals surface area contributed by atoms with E-state index in [1.807, 2.05) is 49.6 Å². The minimum atomic E-state index is 0. The molecule has 1 aromatic carbocycles. The van der Waals surface area contributed by atoms with E-state index in [2.05, 4.69) is 32.1 Å². The molecule has 0 unspecified atom stereocenters. The first-order valence-corrected chi connectivity index (χ1v) is 8.97. The van der Waals surface area contributed by atoms with Crippen LogP contribution in [0.3, 0.4) is 0 Å². The molecule has 2 N–H and O–H groups in total. The standard InChI is InChI=1S/C19H29N5O.HI/c1-3-20-19(23-13-16-25-18-9-5-4-6-10-18)22-11-7-8-14-24-15-12-21-17(24)2;/h4-6,9-10,12,15H,3,7-8,11,13-14,16H2,1-2H3,(H2,20,22,23);1H. The predicted molar refractivity (Wildman–Crippen MR) is 118 cm³/mol. The third-order valence-corrected chi connectivity index (χ3v) is 3.75. The SMILES string of the molecule is CCNC(=NCCCCn1ccnc1C)NCCOc1ccccc1.I. The normalized spacial score (nSPS) is 10.9. The topological polar surface area (TPSA) is 63.5 Å². The van der Waals surface area contributed by atoms with Crippen LogP contribution >= 0.6 is 24.0 Å². The number of guanidine groups is 1. The molecule has 2 rings (SSSR count). The molecule has 7 heteroatoms. The maximum absolute atomic E-state index is 5.68. The Balaban J connectivity index is 0.00000338. The Morgan fingerprint density at radius 3 is 2.69 bits per heavy atom. The predicted octanol–water partition coefficient (Wildman–Crippen LogP) is 3.22. The largest absolute Gasteiger partial charge is 0.492 e. The van der Waals surface area contributed by atoms with E-state index < -0.39 is 0 Å². The van der Waals surface area contributed by atoms with Gasteiger partial charge in [-0.1, -0.05) is 18.2 Å². The lowest BCUT2D eigenvalue weighted by Crippen LogP contribution is -2.39. The number of halogens is 1. The molecular formula is C19H30IN5O. The molecule has 0 atom stereocenters. The summed E-state index contributed by atoms with van der Waals surface area (Å²) in [5.41, 5.74) is 0. The fraction of sp³-hybridized carbons (Fsp3) is 0.474. The van der Waals surface area contributed by atoms with Gasteiger partial charge in [-0.2, -0.15) is 0 Å². The Hall–Kier alpha value is -1.77. The van der Waals surface area contributed by atoms with E-state index in [0.29, 0.717) is 6.61 Å². The Kier molecular flexibility index (Phi) is 11.5. The fourth-order valence-electron chi connectivity index (χ4n) is 2.42. The maximum Gasteiger partial charge on any atom is 0.191 e. The molecule has 2 aromatic rings. The van der Waals surface area contributed by atoms with Crippen LogP contribution in [0.1, 0.15) is 25.6 Å². The first-order valence-electron chi connectivity index (χ1n) is 8.97. The second-order valence-electron chi connectivity index (χ2n) is 5.72. The van der Waals surface area contributed by atoms with Gasteiger partial charge in [0.2, 0.25) is 0 Å². The van der Waals surface area contributed by atoms with Crippen molar-refractivity contribution in [3.8, 4) is 5.75 Å². The summed E-state index contributed by atoms with van der Waals surface area (Å²) in [4.78, 5) is 8.85. The van der Waals surface area contributed by atoms with Crippen LogP contribution in [-0.4, -0.2) is 41.8 Å². The highest BCUT2D eigenvalue weighted by atomic mass is 127. The van der Waals surface area contributed by atoms with Crippen LogP contribution in [0.15, 0.2) is 47.7 Å². The Morgan fingerprint density at radius 2 is 2.00 bits per heavy atom. The smallest absolute Gasteiger partial charge is 0.191 e. The van der Waals surface area contributed by atoms with Crippen LogP contribution in [0.5, 0.6) is 5.75 Å². The molecule has 0 saturated carbocycles. The summed E-state index contributed by atoms with van der Waals surface area (Å²) in [5, 5.41) is 6.57. The van der Waals surface area contributed by atoms with E-state index in [0.717, 1.165) is 56.6 Å². The molecule has 0 fully saturated rings. The lowest BCUT2D eigenvalue weighted by Gasteiger charge is -2.12. The highest BCUT2D eigenvalue weighted by Crippen LogP contribution is 2.07. The van der Waals surface area contributed by atoms with Crippen molar-refractivity contribution in [2.45, 2.75) is 33.2 Å². The van der Waals surface area contributed by atoms with E-state index in [9.17, 15) is 0 Å². The average Bonchev–Trinajstić information content (AvgIpc) is 3.04. The van der Waals surface area contributed by atoms with Crippen molar-refractivity contribution in [1.82, 2.24) is 20.2 Å². The lowest BCUT2D eigenvalue weighted by atomic mass is 10.3. The summed E-state index contributed by atoms with van der Waals surface area (Å²) in [6.07, 6.45) is 6.01. The van der Waals surface area contributed by atoms with Crippen molar-refractivity contribution in [2.75, 3.05) is 26.2 Å². The van der Waals surface area contributed by atoms with Gasteiger partial charge in [0.15, 0.2) is 5.96 Å². The quantitative estimate of drug-likeness (QED) is 0.242. The first-order chi connectivity index (χ1) is 12.3. The zero-order chi connectivity index (χ0) is 17.7. The van der Waals surface area contributed by atoms with E-state index in [1.54, 1.807) is 0 Å². The monoisotopic (exact) mass is 471 g/mol. The Morgan fingerprint density at radius 1 is 1.19 bits per heavy atom. The molecule has 0 spiro atoms. The number of hydrogen-bond acceptors (Lipinski definition) is 3. The van der Waals surface area contributed by atoms with Crippen molar-refractivity contribution >= 4 is 29.9 Å². The number of aliphatic imine (C=N–C) groups is 1. The molecule has 0 radical (unpaired) electrons. The van der Waals surface area contributed by atoms with Crippen LogP contribution in [0, 0.1) is 6.92 Å². The number of nitrogens with one attached hydrogen (secondary N) is 2. The lowest BCUT2D eigenvalue weighted by molar-refractivity contribution is 0.322. The highest BCUT2D eigenvalue weighted by molar-refractivity contribution is 14.0. The van der Waals surface area contributed by atoms with Gasteiger partial charge < -0.3 is 19.9 Å². The van der Waals surface area contributed by atoms with Gasteiger partial charge in [0, 0.05) is 32.0 Å². The number of ether oxygens (including phenoxy) is 1. The average molecular weight is 471 g/mol. The summed E-state index contributed by atoms with van der Waals surface area (Å²) >= 11 is 0. The third-order valence-electron chi connectivity index (χ3n) is 3.75.